The Hall–Kier alpha value is -2.62. The molecule has 0 amide bonds. The van der Waals surface area contributed by atoms with Crippen molar-refractivity contribution in [2.24, 2.45) is 4.99 Å². The molecule has 0 aromatic heterocycles. The van der Waals surface area contributed by atoms with Crippen LogP contribution in [0.1, 0.15) is 43.6 Å². The summed E-state index contributed by atoms with van der Waals surface area (Å²) in [5.74, 6) is 0.141. The Morgan fingerprint density at radius 1 is 0.853 bits per heavy atom. The zero-order chi connectivity index (χ0) is 24.2. The summed E-state index contributed by atoms with van der Waals surface area (Å²) in [6, 6.07) is 22.4. The predicted octanol–water partition coefficient (Wildman–Crippen LogP) is 3.17. The zero-order valence-electron chi connectivity index (χ0n) is 19.7. The van der Waals surface area contributed by atoms with Crippen LogP contribution in [-0.4, -0.2) is 58.6 Å². The molecule has 3 aromatic carbocycles. The monoisotopic (exact) mass is 584 g/mol. The number of hydrogen-bond donors (Lipinski definition) is 2. The van der Waals surface area contributed by atoms with Gasteiger partial charge in [-0.1, -0.05) is 0 Å². The van der Waals surface area contributed by atoms with Crippen LogP contribution >= 0.6 is 0 Å². The second-order valence-corrected chi connectivity index (χ2v) is 13.3. The van der Waals surface area contributed by atoms with Crippen LogP contribution in [-0.2, 0) is 0 Å². The van der Waals surface area contributed by atoms with Gasteiger partial charge in [-0.2, -0.15) is 0 Å². The van der Waals surface area contributed by atoms with Crippen molar-refractivity contribution in [3.63, 3.8) is 0 Å². The second-order valence-electron chi connectivity index (χ2n) is 8.60. The van der Waals surface area contributed by atoms with E-state index in [2.05, 4.69) is 43.4 Å². The molecule has 0 unspecified atom stereocenters. The van der Waals surface area contributed by atoms with Gasteiger partial charge in [0.15, 0.2) is 0 Å². The van der Waals surface area contributed by atoms with Gasteiger partial charge in [0.2, 0.25) is 0 Å². The first-order valence-corrected chi connectivity index (χ1v) is 14.7. The maximum absolute atomic E-state index is 13.8. The Labute approximate surface area is 213 Å². The molecular weight excluding hydrogens is 554 g/mol. The zero-order valence-corrected chi connectivity index (χ0v) is 23.1. The summed E-state index contributed by atoms with van der Waals surface area (Å²) in [6.07, 6.45) is 1.90. The van der Waals surface area contributed by atoms with Gasteiger partial charge < -0.3 is 0 Å². The van der Waals surface area contributed by atoms with Gasteiger partial charge in [-0.05, 0) is 0 Å². The molecule has 4 rings (SSSR count). The van der Waals surface area contributed by atoms with Gasteiger partial charge in [0, 0.05) is 0 Å². The van der Waals surface area contributed by atoms with Gasteiger partial charge in [-0.15, -0.1) is 0 Å². The van der Waals surface area contributed by atoms with Crippen molar-refractivity contribution < 1.29 is 9.90 Å². The molecule has 1 aliphatic rings. The Kier molecular flexibility index (Phi) is 7.75. The number of phenolic OH excluding ortho intramolecular Hbond substituents is 1. The number of Topliss-reactive ketones (excluding diaryl/α,β-unsaturated/α-hetero) is 1. The second kappa shape index (κ2) is 10.8. The fraction of sp³-hybridized carbons (Fsp3) is 0.214. The molecule has 0 aliphatic heterocycles. The maximum atomic E-state index is 13.8. The predicted molar refractivity (Wildman–Crippen MR) is 144 cm³/mol. The van der Waals surface area contributed by atoms with E-state index in [1.165, 1.54) is 0 Å². The van der Waals surface area contributed by atoms with Crippen LogP contribution in [0, 0.1) is 0 Å². The van der Waals surface area contributed by atoms with E-state index in [0.29, 0.717) is 16.8 Å². The summed E-state index contributed by atoms with van der Waals surface area (Å²) in [7, 11) is 0. The summed E-state index contributed by atoms with van der Waals surface area (Å²) in [6.45, 7) is 8.15. The molecule has 1 aliphatic carbocycles. The number of aromatic hydroxyl groups is 1. The number of nitrogens with zero attached hydrogens (tertiary/aromatic N) is 1. The number of benzene rings is 3. The molecule has 174 valence electrons. The van der Waals surface area contributed by atoms with E-state index in [1.54, 1.807) is 0 Å². The molecule has 0 atom stereocenters. The number of anilines is 1. The molecular formula is C28H28N2O2Se2. The van der Waals surface area contributed by atoms with Crippen LogP contribution in [0.5, 0.6) is 5.75 Å². The van der Waals surface area contributed by atoms with Gasteiger partial charge in [-0.3, -0.25) is 0 Å². The minimum atomic E-state index is -0.162. The molecule has 0 bridgehead atoms. The van der Waals surface area contributed by atoms with E-state index >= 15 is 0 Å². The Balaban J connectivity index is 1.89. The topological polar surface area (TPSA) is 61.7 Å². The third-order valence-electron chi connectivity index (χ3n) is 5.02. The quantitative estimate of drug-likeness (QED) is 0.333. The molecule has 3 aromatic rings. The van der Waals surface area contributed by atoms with Crippen molar-refractivity contribution in [1.82, 2.24) is 0 Å². The molecule has 6 heteroatoms. The van der Waals surface area contributed by atoms with Crippen LogP contribution in [0.2, 0.25) is 0 Å². The third-order valence-corrected chi connectivity index (χ3v) is 9.37. The molecule has 0 heterocycles. The van der Waals surface area contributed by atoms with E-state index in [0.717, 1.165) is 23.5 Å². The summed E-state index contributed by atoms with van der Waals surface area (Å²) in [5.41, 5.74) is 2.55. The van der Waals surface area contributed by atoms with Gasteiger partial charge in [0.25, 0.3) is 0 Å². The molecule has 34 heavy (non-hydrogen) atoms. The van der Waals surface area contributed by atoms with Crippen LogP contribution in [0.4, 0.5) is 5.69 Å². The van der Waals surface area contributed by atoms with E-state index in [4.69, 9.17) is 4.99 Å². The van der Waals surface area contributed by atoms with Crippen LogP contribution in [0.25, 0.3) is 0 Å². The Bertz CT molecular complexity index is 1250. The van der Waals surface area contributed by atoms with Crippen molar-refractivity contribution in [2.45, 2.75) is 39.8 Å². The number of hydrogen-bond acceptors (Lipinski definition) is 4. The Morgan fingerprint density at radius 3 is 2.00 bits per heavy atom. The first-order chi connectivity index (χ1) is 16.3. The number of carbonyl (C=O) groups excluding carboxylic acids is 1. The summed E-state index contributed by atoms with van der Waals surface area (Å²) in [4.78, 5) is 18.7. The Morgan fingerprint density at radius 2 is 1.44 bits per heavy atom. The van der Waals surface area contributed by atoms with Crippen molar-refractivity contribution in [3.8, 4) is 5.75 Å². The number of rotatable bonds is 7. The minimum absolute atomic E-state index is 0.0289. The number of phenols is 1. The fourth-order valence-electron chi connectivity index (χ4n) is 3.71. The molecule has 0 fully saturated rings. The number of ketones is 1. The summed E-state index contributed by atoms with van der Waals surface area (Å²) < 4.78 is 3.89. The van der Waals surface area contributed by atoms with E-state index in [9.17, 15) is 9.90 Å². The molecule has 0 radical (unpaired) electrons. The van der Waals surface area contributed by atoms with E-state index in [-0.39, 0.29) is 53.5 Å². The first-order valence-electron chi connectivity index (χ1n) is 11.3. The number of allylic oxidation sites excluding steroid dienone is 2. The molecule has 0 saturated carbocycles. The molecule has 4 nitrogen and oxygen atoms in total. The average Bonchev–Trinajstić information content (AvgIpc) is 2.79. The summed E-state index contributed by atoms with van der Waals surface area (Å²) >= 11 is -0.275. The van der Waals surface area contributed by atoms with Crippen molar-refractivity contribution in [2.75, 3.05) is 5.32 Å². The molecule has 0 saturated heterocycles. The number of nitrogens with one attached hydrogen (secondary N) is 1. The van der Waals surface area contributed by atoms with Gasteiger partial charge in [0.05, 0.1) is 0 Å². The first kappa shape index (κ1) is 24.5. The normalized spacial score (nSPS) is 14.5. The van der Waals surface area contributed by atoms with Crippen molar-refractivity contribution in [3.05, 3.63) is 88.4 Å². The van der Waals surface area contributed by atoms with Gasteiger partial charge in [0.1, 0.15) is 0 Å². The van der Waals surface area contributed by atoms with Gasteiger partial charge in [-0.25, -0.2) is 0 Å². The number of fused-ring (bicyclic) bond motifs is 1. The molecule has 0 spiro atoms. The third kappa shape index (κ3) is 5.54. The number of aliphatic imine (C=N–C) groups is 1. The van der Waals surface area contributed by atoms with Crippen molar-refractivity contribution in [1.29, 1.82) is 0 Å². The standard InChI is InChI=1S/C28H28N2O2Se2/c1-17(2)29-21-15-23(33-19-11-7-5-8-12-19)28(32)26-22(30-18(3)4)16-24(27(31)25(21)26)34-20-13-9-6-10-14-20/h5-18,29,32H,1-4H3. The van der Waals surface area contributed by atoms with Crippen molar-refractivity contribution >= 4 is 60.5 Å². The van der Waals surface area contributed by atoms with Crippen LogP contribution in [0.3, 0.4) is 0 Å². The van der Waals surface area contributed by atoms with Crippen LogP contribution < -0.4 is 18.7 Å². The fourth-order valence-corrected chi connectivity index (χ4v) is 7.56. The summed E-state index contributed by atoms with van der Waals surface area (Å²) in [5, 5.41) is 14.9. The number of carbonyl (C=O) groups is 1. The molecule has 2 N–H and O–H groups in total. The average molecular weight is 582 g/mol. The van der Waals surface area contributed by atoms with E-state index in [1.807, 2.05) is 62.4 Å². The van der Waals surface area contributed by atoms with Gasteiger partial charge >= 0.3 is 215 Å². The van der Waals surface area contributed by atoms with E-state index < -0.39 is 0 Å². The SMILES string of the molecule is CC(C)N=C1C=C([Se]c2ccccc2)C(=O)c2c(NC(C)C)cc([Se]c3ccccc3)c(O)c21. The van der Waals surface area contributed by atoms with Crippen LogP contribution in [0.15, 0.2) is 82.3 Å².